The number of hydrogen-bond donors (Lipinski definition) is 4. The molecule has 4 N–H and O–H groups in total. The van der Waals surface area contributed by atoms with Crippen molar-refractivity contribution in [1.29, 1.82) is 0 Å². The van der Waals surface area contributed by atoms with Crippen molar-refractivity contribution in [2.75, 3.05) is 10.6 Å². The monoisotopic (exact) mass is 518 g/mol. The third-order valence-corrected chi connectivity index (χ3v) is 5.64. The second-order valence-corrected chi connectivity index (χ2v) is 8.52. The molecule has 0 unspecified atom stereocenters. The Morgan fingerprint density at radius 3 is 2.50 bits per heavy atom. The van der Waals surface area contributed by atoms with Gasteiger partial charge in [-0.2, -0.15) is 13.2 Å². The van der Waals surface area contributed by atoms with Crippen molar-refractivity contribution in [2.45, 2.75) is 20.0 Å². The molecule has 192 valence electrons. The zero-order valence-corrected chi connectivity index (χ0v) is 20.2. The van der Waals surface area contributed by atoms with E-state index in [4.69, 9.17) is 0 Å². The predicted octanol–water partition coefficient (Wildman–Crippen LogP) is 5.89. The highest BCUT2D eigenvalue weighted by Gasteiger charge is 2.31. The summed E-state index contributed by atoms with van der Waals surface area (Å²) in [5.41, 5.74) is 2.15. The predicted molar refractivity (Wildman–Crippen MR) is 136 cm³/mol. The van der Waals surface area contributed by atoms with Gasteiger partial charge < -0.3 is 20.6 Å². The average molecular weight is 519 g/mol. The number of amides is 1. The number of carbonyl (C=O) groups excluding carboxylic acids is 1. The Hall–Kier alpha value is -5.00. The van der Waals surface area contributed by atoms with Crippen molar-refractivity contribution in [2.24, 2.45) is 0 Å². The highest BCUT2D eigenvalue weighted by molar-refractivity contribution is 6.05. The maximum absolute atomic E-state index is 13.6. The van der Waals surface area contributed by atoms with Crippen LogP contribution < -0.4 is 10.6 Å². The molecular formula is C26H21F3N8O. The SMILES string of the molecule is Cc1cnc(-c2cc(NC(=O)c3ccc(C)c(Nc4nccc(-c5ncc[nH]5)n4)c3)cc(C(F)(F)F)c2)[nH]1. The number of imidazole rings is 2. The van der Waals surface area contributed by atoms with E-state index in [1.807, 2.05) is 6.92 Å². The van der Waals surface area contributed by atoms with E-state index in [1.165, 1.54) is 12.3 Å². The van der Waals surface area contributed by atoms with Crippen molar-refractivity contribution in [3.8, 4) is 22.9 Å². The van der Waals surface area contributed by atoms with Gasteiger partial charge in [0.25, 0.3) is 5.91 Å². The molecule has 38 heavy (non-hydrogen) atoms. The first-order chi connectivity index (χ1) is 18.2. The van der Waals surface area contributed by atoms with E-state index in [2.05, 4.69) is 40.5 Å². The highest BCUT2D eigenvalue weighted by atomic mass is 19.4. The van der Waals surface area contributed by atoms with Crippen LogP contribution in [0.15, 0.2) is 67.3 Å². The van der Waals surface area contributed by atoms with E-state index in [1.54, 1.807) is 49.8 Å². The number of aryl methyl sites for hydroxylation is 2. The first-order valence-electron chi connectivity index (χ1n) is 11.4. The second-order valence-electron chi connectivity index (χ2n) is 8.52. The van der Waals surface area contributed by atoms with Crippen LogP contribution in [0.5, 0.6) is 0 Å². The number of nitrogens with zero attached hydrogens (tertiary/aromatic N) is 4. The molecule has 0 radical (unpaired) electrons. The average Bonchev–Trinajstić information content (AvgIpc) is 3.57. The largest absolute Gasteiger partial charge is 0.416 e. The van der Waals surface area contributed by atoms with E-state index >= 15 is 0 Å². The molecule has 0 saturated heterocycles. The minimum absolute atomic E-state index is 0.0153. The van der Waals surface area contributed by atoms with Gasteiger partial charge in [-0.05, 0) is 55.8 Å². The first kappa shape index (κ1) is 24.7. The van der Waals surface area contributed by atoms with Gasteiger partial charge in [-0.15, -0.1) is 0 Å². The molecule has 0 aliphatic rings. The Labute approximate surface area is 214 Å². The lowest BCUT2D eigenvalue weighted by Crippen LogP contribution is -2.14. The van der Waals surface area contributed by atoms with Crippen LogP contribution in [0.3, 0.4) is 0 Å². The standard InChI is InChI=1S/C26H21F3N8O/c1-14-3-4-16(11-21(14)37-25-32-6-5-20(36-25)23-30-7-8-31-23)24(38)35-19-10-17(22-33-13-15(2)34-22)9-18(12-19)26(27,28)29/h3-13H,1-2H3,(H,30,31)(H,33,34)(H,35,38)(H,32,36,37). The molecule has 0 atom stereocenters. The minimum Gasteiger partial charge on any atom is -0.343 e. The van der Waals surface area contributed by atoms with Crippen molar-refractivity contribution in [3.63, 3.8) is 0 Å². The molecule has 3 aromatic heterocycles. The van der Waals surface area contributed by atoms with Gasteiger partial charge >= 0.3 is 6.18 Å². The number of alkyl halides is 3. The molecule has 1 amide bonds. The van der Waals surface area contributed by atoms with Crippen molar-refractivity contribution >= 4 is 23.2 Å². The number of hydrogen-bond acceptors (Lipinski definition) is 6. The molecule has 5 rings (SSSR count). The summed E-state index contributed by atoms with van der Waals surface area (Å²) in [5, 5.41) is 5.66. The van der Waals surface area contributed by atoms with Gasteiger partial charge in [0, 0.05) is 53.0 Å². The fraction of sp³-hybridized carbons (Fsp3) is 0.115. The quantitative estimate of drug-likeness (QED) is 0.222. The van der Waals surface area contributed by atoms with Gasteiger partial charge in [-0.25, -0.2) is 19.9 Å². The summed E-state index contributed by atoms with van der Waals surface area (Å²) >= 11 is 0. The third kappa shape index (κ3) is 5.38. The van der Waals surface area contributed by atoms with Gasteiger partial charge in [-0.1, -0.05) is 6.07 Å². The number of H-pyrrole nitrogens is 2. The van der Waals surface area contributed by atoms with Crippen molar-refractivity contribution < 1.29 is 18.0 Å². The Balaban J connectivity index is 1.41. The summed E-state index contributed by atoms with van der Waals surface area (Å²) < 4.78 is 40.7. The fourth-order valence-electron chi connectivity index (χ4n) is 3.74. The first-order valence-corrected chi connectivity index (χ1v) is 11.4. The molecule has 0 saturated carbocycles. The van der Waals surface area contributed by atoms with Gasteiger partial charge in [0.05, 0.1) is 5.56 Å². The van der Waals surface area contributed by atoms with E-state index in [-0.39, 0.29) is 28.6 Å². The topological polar surface area (TPSA) is 124 Å². The van der Waals surface area contributed by atoms with Gasteiger partial charge in [-0.3, -0.25) is 4.79 Å². The Morgan fingerprint density at radius 2 is 1.79 bits per heavy atom. The number of aromatic nitrogens is 6. The van der Waals surface area contributed by atoms with E-state index < -0.39 is 17.6 Å². The highest BCUT2D eigenvalue weighted by Crippen LogP contribution is 2.34. The van der Waals surface area contributed by atoms with Crippen molar-refractivity contribution in [3.05, 3.63) is 89.6 Å². The smallest absolute Gasteiger partial charge is 0.343 e. The van der Waals surface area contributed by atoms with E-state index in [9.17, 15) is 18.0 Å². The Morgan fingerprint density at radius 1 is 0.947 bits per heavy atom. The van der Waals surface area contributed by atoms with Crippen LogP contribution in [-0.2, 0) is 6.18 Å². The van der Waals surface area contributed by atoms with Crippen LogP contribution in [0.2, 0.25) is 0 Å². The number of halogens is 3. The van der Waals surface area contributed by atoms with E-state index in [0.29, 0.717) is 22.9 Å². The summed E-state index contributed by atoms with van der Waals surface area (Å²) in [6.07, 6.45) is 1.77. The van der Waals surface area contributed by atoms with Crippen LogP contribution in [0, 0.1) is 13.8 Å². The van der Waals surface area contributed by atoms with Crippen LogP contribution in [0.1, 0.15) is 27.2 Å². The second kappa shape index (κ2) is 9.81. The molecule has 2 aromatic carbocycles. The Bertz CT molecular complexity index is 1610. The number of aromatic amines is 2. The third-order valence-electron chi connectivity index (χ3n) is 5.64. The number of benzene rings is 2. The zero-order chi connectivity index (χ0) is 26.9. The zero-order valence-electron chi connectivity index (χ0n) is 20.2. The lowest BCUT2D eigenvalue weighted by molar-refractivity contribution is -0.137. The molecule has 0 aliphatic heterocycles. The summed E-state index contributed by atoms with van der Waals surface area (Å²) in [6, 6.07) is 9.90. The van der Waals surface area contributed by atoms with E-state index in [0.717, 1.165) is 17.7 Å². The number of rotatable bonds is 6. The van der Waals surface area contributed by atoms with Crippen LogP contribution in [0.25, 0.3) is 22.9 Å². The maximum Gasteiger partial charge on any atom is 0.416 e. The van der Waals surface area contributed by atoms with Crippen LogP contribution >= 0.6 is 0 Å². The summed E-state index contributed by atoms with van der Waals surface area (Å²) in [6.45, 7) is 3.58. The molecule has 5 aromatic rings. The van der Waals surface area contributed by atoms with Gasteiger partial charge in [0.2, 0.25) is 5.95 Å². The molecule has 0 spiro atoms. The van der Waals surface area contributed by atoms with Crippen LogP contribution in [0.4, 0.5) is 30.5 Å². The molecule has 12 heteroatoms. The molecule has 0 aliphatic carbocycles. The Kier molecular flexibility index (Phi) is 6.37. The lowest BCUT2D eigenvalue weighted by Gasteiger charge is -2.14. The molecule has 3 heterocycles. The molecular weight excluding hydrogens is 497 g/mol. The lowest BCUT2D eigenvalue weighted by atomic mass is 10.1. The molecule has 9 nitrogen and oxygen atoms in total. The molecule has 0 fully saturated rings. The number of nitrogens with one attached hydrogen (secondary N) is 4. The minimum atomic E-state index is -4.61. The summed E-state index contributed by atoms with van der Waals surface area (Å²) in [4.78, 5) is 35.9. The number of anilines is 3. The molecule has 0 bridgehead atoms. The summed E-state index contributed by atoms with van der Waals surface area (Å²) in [7, 11) is 0. The maximum atomic E-state index is 13.6. The number of carbonyl (C=O) groups is 1. The fourth-order valence-corrected chi connectivity index (χ4v) is 3.74. The summed E-state index contributed by atoms with van der Waals surface area (Å²) in [5.74, 6) is 0.545. The van der Waals surface area contributed by atoms with Gasteiger partial charge in [0.15, 0.2) is 5.82 Å². The van der Waals surface area contributed by atoms with Crippen molar-refractivity contribution in [1.82, 2.24) is 29.9 Å². The normalized spacial score (nSPS) is 11.4. The van der Waals surface area contributed by atoms with Crippen LogP contribution in [-0.4, -0.2) is 35.8 Å². The van der Waals surface area contributed by atoms with Gasteiger partial charge in [0.1, 0.15) is 11.5 Å².